The predicted octanol–water partition coefficient (Wildman–Crippen LogP) is 1.28. The molecule has 0 aromatic heterocycles. The highest BCUT2D eigenvalue weighted by Gasteiger charge is 2.26. The van der Waals surface area contributed by atoms with Gasteiger partial charge in [-0.05, 0) is 24.6 Å². The maximum absolute atomic E-state index is 12.5. The number of ether oxygens (including phenoxy) is 2. The quantitative estimate of drug-likeness (QED) is 0.602. The monoisotopic (exact) mass is 325 g/mol. The number of sulfonamides is 1. The Morgan fingerprint density at radius 1 is 1.27 bits per heavy atom. The van der Waals surface area contributed by atoms with E-state index in [0.29, 0.717) is 31.9 Å². The fraction of sp³-hybridized carbons (Fsp3) is 0.400. The van der Waals surface area contributed by atoms with Gasteiger partial charge >= 0.3 is 5.97 Å². The van der Waals surface area contributed by atoms with Gasteiger partial charge in [0.2, 0.25) is 10.0 Å². The molecule has 2 rings (SSSR count). The average molecular weight is 325 g/mol. The third-order valence-electron chi connectivity index (χ3n) is 3.33. The summed E-state index contributed by atoms with van der Waals surface area (Å²) in [5, 5.41) is 0. The van der Waals surface area contributed by atoms with E-state index in [1.165, 1.54) is 16.4 Å². The molecule has 1 fully saturated rings. The second kappa shape index (κ2) is 7.04. The van der Waals surface area contributed by atoms with E-state index in [4.69, 9.17) is 9.47 Å². The maximum atomic E-state index is 12.5. The third kappa shape index (κ3) is 3.55. The molecule has 0 amide bonds. The van der Waals surface area contributed by atoms with Gasteiger partial charge in [-0.1, -0.05) is 18.7 Å². The van der Waals surface area contributed by atoms with Gasteiger partial charge in [-0.3, -0.25) is 0 Å². The molecule has 1 aromatic carbocycles. The molecular formula is C15H19NO5S. The molecule has 1 saturated heterocycles. The number of hydrogen-bond donors (Lipinski definition) is 0. The van der Waals surface area contributed by atoms with Crippen molar-refractivity contribution in [2.24, 2.45) is 0 Å². The molecule has 1 aromatic rings. The van der Waals surface area contributed by atoms with Gasteiger partial charge < -0.3 is 9.47 Å². The summed E-state index contributed by atoms with van der Waals surface area (Å²) in [6, 6.07) is 6.08. The molecule has 7 heteroatoms. The van der Waals surface area contributed by atoms with Crippen LogP contribution in [-0.2, 0) is 24.3 Å². The van der Waals surface area contributed by atoms with Crippen LogP contribution >= 0.6 is 0 Å². The van der Waals surface area contributed by atoms with Crippen LogP contribution in [0.2, 0.25) is 0 Å². The van der Waals surface area contributed by atoms with E-state index in [2.05, 4.69) is 6.58 Å². The highest BCUT2D eigenvalue weighted by Crippen LogP contribution is 2.20. The Labute approximate surface area is 130 Å². The first-order chi connectivity index (χ1) is 10.5. The molecule has 0 aliphatic carbocycles. The molecular weight excluding hydrogens is 306 g/mol. The first kappa shape index (κ1) is 16.7. The molecule has 0 unspecified atom stereocenters. The summed E-state index contributed by atoms with van der Waals surface area (Å²) in [4.78, 5) is 11.8. The fourth-order valence-corrected chi connectivity index (χ4v) is 3.51. The van der Waals surface area contributed by atoms with Crippen molar-refractivity contribution in [1.82, 2.24) is 4.31 Å². The fourth-order valence-electron chi connectivity index (χ4n) is 2.10. The van der Waals surface area contributed by atoms with Crippen molar-refractivity contribution in [3.8, 4) is 0 Å². The molecule has 0 N–H and O–H groups in total. The second-order valence-corrected chi connectivity index (χ2v) is 6.68. The van der Waals surface area contributed by atoms with Crippen LogP contribution in [0, 0.1) is 0 Å². The highest BCUT2D eigenvalue weighted by molar-refractivity contribution is 7.89. The minimum Gasteiger partial charge on any atom is -0.462 e. The third-order valence-corrected chi connectivity index (χ3v) is 5.25. The Bertz CT molecular complexity index is 645. The largest absolute Gasteiger partial charge is 0.462 e. The first-order valence-corrected chi connectivity index (χ1v) is 8.45. The van der Waals surface area contributed by atoms with Gasteiger partial charge in [-0.15, -0.1) is 0 Å². The van der Waals surface area contributed by atoms with E-state index < -0.39 is 16.0 Å². The van der Waals surface area contributed by atoms with Crippen molar-refractivity contribution in [3.05, 3.63) is 36.4 Å². The lowest BCUT2D eigenvalue weighted by Crippen LogP contribution is -2.40. The zero-order valence-electron chi connectivity index (χ0n) is 12.4. The number of morpholine rings is 1. The number of hydrogen-bond acceptors (Lipinski definition) is 5. The molecule has 120 valence electrons. The maximum Gasteiger partial charge on any atom is 0.338 e. The van der Waals surface area contributed by atoms with Gasteiger partial charge in [0.05, 0.1) is 30.3 Å². The van der Waals surface area contributed by atoms with Crippen LogP contribution in [0.1, 0.15) is 12.5 Å². The van der Waals surface area contributed by atoms with Crippen LogP contribution in [0.25, 0.3) is 5.57 Å². The Morgan fingerprint density at radius 2 is 1.86 bits per heavy atom. The van der Waals surface area contributed by atoms with Crippen LogP contribution in [0.15, 0.2) is 35.7 Å². The number of nitrogens with zero attached hydrogens (tertiary/aromatic N) is 1. The lowest BCUT2D eigenvalue weighted by molar-refractivity contribution is -0.136. The standard InChI is InChI=1S/C15H19NO5S/c1-3-21-15(17)12(2)13-4-6-14(7-5-13)22(18,19)16-8-10-20-11-9-16/h4-7H,2-3,8-11H2,1H3. The second-order valence-electron chi connectivity index (χ2n) is 4.74. The molecule has 22 heavy (non-hydrogen) atoms. The van der Waals surface area contributed by atoms with Crippen LogP contribution < -0.4 is 0 Å². The molecule has 0 atom stereocenters. The summed E-state index contributed by atoms with van der Waals surface area (Å²) >= 11 is 0. The van der Waals surface area contributed by atoms with Gasteiger partial charge in [0, 0.05) is 13.1 Å². The number of carbonyl (C=O) groups excluding carboxylic acids is 1. The average Bonchev–Trinajstić information content (AvgIpc) is 2.55. The van der Waals surface area contributed by atoms with Gasteiger partial charge in [0.25, 0.3) is 0 Å². The zero-order valence-corrected chi connectivity index (χ0v) is 13.3. The molecule has 1 aliphatic heterocycles. The van der Waals surface area contributed by atoms with Crippen molar-refractivity contribution in [2.45, 2.75) is 11.8 Å². The Hall–Kier alpha value is -1.70. The zero-order chi connectivity index (χ0) is 16.2. The minimum atomic E-state index is -3.53. The van der Waals surface area contributed by atoms with Crippen LogP contribution in [0.3, 0.4) is 0 Å². The molecule has 1 aliphatic rings. The van der Waals surface area contributed by atoms with Gasteiger partial charge in [-0.25, -0.2) is 13.2 Å². The predicted molar refractivity (Wildman–Crippen MR) is 81.7 cm³/mol. The molecule has 0 bridgehead atoms. The van der Waals surface area contributed by atoms with Gasteiger partial charge in [-0.2, -0.15) is 4.31 Å². The molecule has 0 radical (unpaired) electrons. The van der Waals surface area contributed by atoms with Crippen molar-refractivity contribution in [3.63, 3.8) is 0 Å². The minimum absolute atomic E-state index is 0.190. The summed E-state index contributed by atoms with van der Waals surface area (Å²) in [6.07, 6.45) is 0. The van der Waals surface area contributed by atoms with E-state index in [0.717, 1.165) is 0 Å². The SMILES string of the molecule is C=C(C(=O)OCC)c1ccc(S(=O)(=O)N2CCOCC2)cc1. The van der Waals surface area contributed by atoms with Crippen molar-refractivity contribution < 1.29 is 22.7 Å². The molecule has 6 nitrogen and oxygen atoms in total. The number of carbonyl (C=O) groups is 1. The number of esters is 1. The van der Waals surface area contributed by atoms with Gasteiger partial charge in [0.15, 0.2) is 0 Å². The van der Waals surface area contributed by atoms with E-state index in [-0.39, 0.29) is 17.1 Å². The van der Waals surface area contributed by atoms with E-state index >= 15 is 0 Å². The van der Waals surface area contributed by atoms with Crippen molar-refractivity contribution in [2.75, 3.05) is 32.9 Å². The molecule has 0 saturated carbocycles. The number of rotatable bonds is 5. The summed E-state index contributed by atoms with van der Waals surface area (Å²) in [7, 11) is -3.53. The summed E-state index contributed by atoms with van der Waals surface area (Å²) in [6.45, 7) is 7.14. The first-order valence-electron chi connectivity index (χ1n) is 7.01. The van der Waals surface area contributed by atoms with E-state index in [1.807, 2.05) is 0 Å². The van der Waals surface area contributed by atoms with E-state index in [1.54, 1.807) is 19.1 Å². The lowest BCUT2D eigenvalue weighted by Gasteiger charge is -2.26. The van der Waals surface area contributed by atoms with Crippen LogP contribution in [0.5, 0.6) is 0 Å². The lowest BCUT2D eigenvalue weighted by atomic mass is 10.1. The van der Waals surface area contributed by atoms with Crippen molar-refractivity contribution in [1.29, 1.82) is 0 Å². The highest BCUT2D eigenvalue weighted by atomic mass is 32.2. The Morgan fingerprint density at radius 3 is 2.41 bits per heavy atom. The topological polar surface area (TPSA) is 72.9 Å². The molecule has 0 spiro atoms. The summed E-state index contributed by atoms with van der Waals surface area (Å²) in [5.41, 5.74) is 0.747. The Kier molecular flexibility index (Phi) is 5.33. The Balaban J connectivity index is 2.17. The normalized spacial score (nSPS) is 16.2. The van der Waals surface area contributed by atoms with Crippen LogP contribution in [-0.4, -0.2) is 51.6 Å². The summed E-state index contributed by atoms with van der Waals surface area (Å²) in [5.74, 6) is -0.508. The van der Waals surface area contributed by atoms with Gasteiger partial charge in [0.1, 0.15) is 0 Å². The van der Waals surface area contributed by atoms with E-state index in [9.17, 15) is 13.2 Å². The molecule has 1 heterocycles. The number of benzene rings is 1. The van der Waals surface area contributed by atoms with Crippen LogP contribution in [0.4, 0.5) is 0 Å². The van der Waals surface area contributed by atoms with Crippen molar-refractivity contribution >= 4 is 21.6 Å². The summed E-state index contributed by atoms with van der Waals surface area (Å²) < 4.78 is 36.4. The smallest absolute Gasteiger partial charge is 0.338 e.